The van der Waals surface area contributed by atoms with Gasteiger partial charge in [0.25, 0.3) is 0 Å². The maximum absolute atomic E-state index is 10.3. The maximum Gasteiger partial charge on any atom is 0.303 e. The molecule has 0 radical (unpaired) electrons. The summed E-state index contributed by atoms with van der Waals surface area (Å²) in [6.07, 6.45) is 1.64. The van der Waals surface area contributed by atoms with E-state index >= 15 is 0 Å². The van der Waals surface area contributed by atoms with Crippen molar-refractivity contribution in [3.05, 3.63) is 17.6 Å². The highest BCUT2D eigenvalue weighted by Crippen LogP contribution is 2.07. The highest BCUT2D eigenvalue weighted by Gasteiger charge is 2.01. The molecule has 0 aromatic carbocycles. The number of carboxylic acids is 1. The normalized spacial score (nSPS) is 10.1. The van der Waals surface area contributed by atoms with Crippen LogP contribution in [0.1, 0.15) is 31.3 Å². The molecule has 1 aromatic rings. The van der Waals surface area contributed by atoms with Crippen molar-refractivity contribution in [2.45, 2.75) is 33.1 Å². The number of aryl methyl sites for hydroxylation is 2. The summed E-state index contributed by atoms with van der Waals surface area (Å²) in [7, 11) is 0. The third-order valence-electron chi connectivity index (χ3n) is 2.13. The Balaban J connectivity index is 2.47. The molecule has 0 unspecified atom stereocenters. The van der Waals surface area contributed by atoms with E-state index in [9.17, 15) is 4.79 Å². The first-order chi connectivity index (χ1) is 7.61. The summed E-state index contributed by atoms with van der Waals surface area (Å²) in [6, 6.07) is 1.90. The quantitative estimate of drug-likeness (QED) is 0.717. The van der Waals surface area contributed by atoms with Crippen LogP contribution in [0.15, 0.2) is 6.07 Å². The van der Waals surface area contributed by atoms with Crippen molar-refractivity contribution in [2.75, 3.05) is 11.9 Å². The van der Waals surface area contributed by atoms with E-state index in [2.05, 4.69) is 15.3 Å². The van der Waals surface area contributed by atoms with Gasteiger partial charge in [0, 0.05) is 24.7 Å². The molecule has 0 aliphatic heterocycles. The summed E-state index contributed by atoms with van der Waals surface area (Å²) >= 11 is 0. The average molecular weight is 223 g/mol. The van der Waals surface area contributed by atoms with E-state index < -0.39 is 5.97 Å². The van der Waals surface area contributed by atoms with Gasteiger partial charge in [0.05, 0.1) is 0 Å². The van der Waals surface area contributed by atoms with Crippen LogP contribution in [0.3, 0.4) is 0 Å². The summed E-state index contributed by atoms with van der Waals surface area (Å²) in [6.45, 7) is 4.50. The number of rotatable bonds is 6. The molecule has 1 rings (SSSR count). The molecular weight excluding hydrogens is 206 g/mol. The average Bonchev–Trinajstić information content (AvgIpc) is 2.23. The van der Waals surface area contributed by atoms with Crippen LogP contribution in [0.25, 0.3) is 0 Å². The topological polar surface area (TPSA) is 75.1 Å². The molecule has 0 atom stereocenters. The van der Waals surface area contributed by atoms with Crippen molar-refractivity contribution >= 4 is 11.8 Å². The molecule has 0 spiro atoms. The lowest BCUT2D eigenvalue weighted by atomic mass is 10.3. The Bertz CT molecular complexity index is 366. The van der Waals surface area contributed by atoms with Crippen LogP contribution in [0.2, 0.25) is 0 Å². The van der Waals surface area contributed by atoms with Gasteiger partial charge in [-0.2, -0.15) is 0 Å². The lowest BCUT2D eigenvalue weighted by Gasteiger charge is -2.06. The number of aromatic nitrogens is 2. The zero-order valence-electron chi connectivity index (χ0n) is 9.66. The minimum absolute atomic E-state index is 0.178. The van der Waals surface area contributed by atoms with Gasteiger partial charge in [0.2, 0.25) is 0 Å². The number of nitrogens with zero attached hydrogens (tertiary/aromatic N) is 2. The first kappa shape index (κ1) is 12.4. The number of nitrogens with one attached hydrogen (secondary N) is 1. The van der Waals surface area contributed by atoms with Gasteiger partial charge in [-0.3, -0.25) is 4.79 Å². The molecule has 1 heterocycles. The lowest BCUT2D eigenvalue weighted by molar-refractivity contribution is -0.137. The van der Waals surface area contributed by atoms with Gasteiger partial charge >= 0.3 is 5.97 Å². The van der Waals surface area contributed by atoms with Gasteiger partial charge in [-0.25, -0.2) is 9.97 Å². The van der Waals surface area contributed by atoms with Gasteiger partial charge in [-0.15, -0.1) is 0 Å². The molecule has 16 heavy (non-hydrogen) atoms. The second-order valence-corrected chi connectivity index (χ2v) is 3.57. The highest BCUT2D eigenvalue weighted by atomic mass is 16.4. The molecule has 0 amide bonds. The Labute approximate surface area is 94.9 Å². The number of aliphatic carboxylic acids is 1. The Morgan fingerprint density at radius 2 is 2.25 bits per heavy atom. The van der Waals surface area contributed by atoms with E-state index in [0.717, 1.165) is 23.8 Å². The maximum atomic E-state index is 10.3. The fraction of sp³-hybridized carbons (Fsp3) is 0.545. The molecular formula is C11H17N3O2. The van der Waals surface area contributed by atoms with E-state index in [1.165, 1.54) is 0 Å². The minimum atomic E-state index is -0.769. The molecule has 88 valence electrons. The van der Waals surface area contributed by atoms with E-state index in [-0.39, 0.29) is 6.42 Å². The summed E-state index contributed by atoms with van der Waals surface area (Å²) in [5.74, 6) is 0.740. The molecule has 0 saturated heterocycles. The second-order valence-electron chi connectivity index (χ2n) is 3.57. The van der Waals surface area contributed by atoms with Gasteiger partial charge < -0.3 is 10.4 Å². The molecule has 1 aromatic heterocycles. The van der Waals surface area contributed by atoms with Crippen molar-refractivity contribution in [1.29, 1.82) is 0 Å². The van der Waals surface area contributed by atoms with Crippen LogP contribution in [0.4, 0.5) is 5.82 Å². The van der Waals surface area contributed by atoms with Crippen molar-refractivity contribution in [1.82, 2.24) is 9.97 Å². The van der Waals surface area contributed by atoms with E-state index in [4.69, 9.17) is 5.11 Å². The molecule has 0 fully saturated rings. The standard InChI is InChI=1S/C11H17N3O2/c1-3-9-7-10(14-8(2)13-9)12-6-4-5-11(15)16/h7H,3-6H2,1-2H3,(H,15,16)(H,12,13,14). The summed E-state index contributed by atoms with van der Waals surface area (Å²) in [5, 5.41) is 11.6. The van der Waals surface area contributed by atoms with Crippen molar-refractivity contribution in [2.24, 2.45) is 0 Å². The van der Waals surface area contributed by atoms with Gasteiger partial charge in [-0.05, 0) is 19.8 Å². The number of hydrogen-bond acceptors (Lipinski definition) is 4. The van der Waals surface area contributed by atoms with E-state index in [1.54, 1.807) is 0 Å². The second kappa shape index (κ2) is 6.05. The predicted molar refractivity (Wildman–Crippen MR) is 61.5 cm³/mol. The zero-order valence-corrected chi connectivity index (χ0v) is 9.66. The number of anilines is 1. The van der Waals surface area contributed by atoms with E-state index in [1.807, 2.05) is 19.9 Å². The molecule has 0 aliphatic rings. The van der Waals surface area contributed by atoms with Gasteiger partial charge in [-0.1, -0.05) is 6.92 Å². The van der Waals surface area contributed by atoms with Crippen LogP contribution >= 0.6 is 0 Å². The smallest absolute Gasteiger partial charge is 0.303 e. The number of carbonyl (C=O) groups is 1. The predicted octanol–water partition coefficient (Wildman–Crippen LogP) is 1.62. The SMILES string of the molecule is CCc1cc(NCCCC(=O)O)nc(C)n1. The number of hydrogen-bond donors (Lipinski definition) is 2. The molecule has 0 saturated carbocycles. The van der Waals surface area contributed by atoms with Crippen LogP contribution < -0.4 is 5.32 Å². The Kier molecular flexibility index (Phi) is 4.69. The lowest BCUT2D eigenvalue weighted by Crippen LogP contribution is -2.08. The zero-order chi connectivity index (χ0) is 12.0. The Hall–Kier alpha value is -1.65. The number of carboxylic acid groups (broad SMARTS) is 1. The van der Waals surface area contributed by atoms with Crippen molar-refractivity contribution in [3.8, 4) is 0 Å². The largest absolute Gasteiger partial charge is 0.481 e. The molecule has 5 heteroatoms. The van der Waals surface area contributed by atoms with Gasteiger partial charge in [0.1, 0.15) is 11.6 Å². The van der Waals surface area contributed by atoms with Crippen LogP contribution in [0.5, 0.6) is 0 Å². The van der Waals surface area contributed by atoms with Crippen LogP contribution in [-0.4, -0.2) is 27.6 Å². The van der Waals surface area contributed by atoms with Crippen molar-refractivity contribution in [3.63, 3.8) is 0 Å². The van der Waals surface area contributed by atoms with Gasteiger partial charge in [0.15, 0.2) is 0 Å². The third kappa shape index (κ3) is 4.25. The highest BCUT2D eigenvalue weighted by molar-refractivity contribution is 5.66. The Morgan fingerprint density at radius 1 is 1.50 bits per heavy atom. The van der Waals surface area contributed by atoms with Crippen LogP contribution in [-0.2, 0) is 11.2 Å². The first-order valence-electron chi connectivity index (χ1n) is 5.42. The molecule has 0 bridgehead atoms. The third-order valence-corrected chi connectivity index (χ3v) is 2.13. The fourth-order valence-corrected chi connectivity index (χ4v) is 1.36. The minimum Gasteiger partial charge on any atom is -0.481 e. The molecule has 2 N–H and O–H groups in total. The van der Waals surface area contributed by atoms with E-state index in [0.29, 0.717) is 13.0 Å². The Morgan fingerprint density at radius 3 is 2.88 bits per heavy atom. The first-order valence-corrected chi connectivity index (χ1v) is 5.42. The summed E-state index contributed by atoms with van der Waals surface area (Å²) in [4.78, 5) is 18.8. The summed E-state index contributed by atoms with van der Waals surface area (Å²) < 4.78 is 0. The molecule has 5 nitrogen and oxygen atoms in total. The van der Waals surface area contributed by atoms with Crippen LogP contribution in [0, 0.1) is 6.92 Å². The fourth-order valence-electron chi connectivity index (χ4n) is 1.36. The van der Waals surface area contributed by atoms with Crippen molar-refractivity contribution < 1.29 is 9.90 Å². The molecule has 0 aliphatic carbocycles. The summed E-state index contributed by atoms with van der Waals surface area (Å²) in [5.41, 5.74) is 0.994. The monoisotopic (exact) mass is 223 g/mol.